The number of anilines is 3. The largest absolute Gasteiger partial charge is 0.354 e. The van der Waals surface area contributed by atoms with Gasteiger partial charge in [0.1, 0.15) is 5.82 Å². The molecule has 1 aromatic heterocycles. The number of nitrogens with zero attached hydrogens (tertiary/aromatic N) is 4. The van der Waals surface area contributed by atoms with Gasteiger partial charge in [0.25, 0.3) is 5.91 Å². The summed E-state index contributed by atoms with van der Waals surface area (Å²) in [6, 6.07) is 15.0. The molecule has 186 valence electrons. The number of hydrogen-bond acceptors (Lipinski definition) is 5. The number of rotatable bonds is 5. The molecular formula is C27H27Cl2N5O2. The third-order valence-corrected chi connectivity index (χ3v) is 7.31. The monoisotopic (exact) mass is 523 g/mol. The minimum absolute atomic E-state index is 0.0133. The maximum absolute atomic E-state index is 13.4. The van der Waals surface area contributed by atoms with Gasteiger partial charge in [-0.25, -0.2) is 4.98 Å². The number of pyridine rings is 1. The molecule has 0 radical (unpaired) electrons. The highest BCUT2D eigenvalue weighted by Crippen LogP contribution is 2.36. The zero-order chi connectivity index (χ0) is 25.2. The number of aromatic nitrogens is 1. The van der Waals surface area contributed by atoms with E-state index < -0.39 is 5.91 Å². The summed E-state index contributed by atoms with van der Waals surface area (Å²) in [5, 5.41) is 3.55. The van der Waals surface area contributed by atoms with Gasteiger partial charge in [-0.15, -0.1) is 0 Å². The first-order chi connectivity index (χ1) is 17.4. The van der Waals surface area contributed by atoms with Crippen molar-refractivity contribution in [3.63, 3.8) is 0 Å². The molecule has 1 N–H and O–H groups in total. The summed E-state index contributed by atoms with van der Waals surface area (Å²) in [5.41, 5.74) is 3.16. The highest BCUT2D eigenvalue weighted by atomic mass is 35.5. The third-order valence-electron chi connectivity index (χ3n) is 6.70. The summed E-state index contributed by atoms with van der Waals surface area (Å²) < 4.78 is 0. The number of piperazine rings is 1. The first-order valence-electron chi connectivity index (χ1n) is 12.0. The number of nitrogens with one attached hydrogen (secondary N) is 1. The van der Waals surface area contributed by atoms with Crippen molar-refractivity contribution in [2.45, 2.75) is 12.8 Å². The lowest BCUT2D eigenvalue weighted by Gasteiger charge is -2.33. The smallest absolute Gasteiger partial charge is 0.257 e. The van der Waals surface area contributed by atoms with Crippen LogP contribution in [-0.2, 0) is 4.79 Å². The van der Waals surface area contributed by atoms with Gasteiger partial charge >= 0.3 is 0 Å². The summed E-state index contributed by atoms with van der Waals surface area (Å²) in [7, 11) is 2.12. The van der Waals surface area contributed by atoms with Crippen molar-refractivity contribution in [2.75, 3.05) is 54.9 Å². The third kappa shape index (κ3) is 5.05. The molecule has 3 heterocycles. The van der Waals surface area contributed by atoms with Gasteiger partial charge in [-0.1, -0.05) is 53.5 Å². The van der Waals surface area contributed by atoms with E-state index in [2.05, 4.69) is 27.1 Å². The molecule has 2 aromatic carbocycles. The summed E-state index contributed by atoms with van der Waals surface area (Å²) >= 11 is 12.8. The van der Waals surface area contributed by atoms with Crippen molar-refractivity contribution in [2.24, 2.45) is 0 Å². The number of carbonyl (C=O) groups is 2. The fourth-order valence-corrected chi connectivity index (χ4v) is 5.19. The summed E-state index contributed by atoms with van der Waals surface area (Å²) in [4.78, 5) is 36.5. The fourth-order valence-electron chi connectivity index (χ4n) is 4.62. The summed E-state index contributed by atoms with van der Waals surface area (Å²) in [6.45, 7) is 4.29. The van der Waals surface area contributed by atoms with Crippen molar-refractivity contribution in [3.05, 3.63) is 70.3 Å². The molecule has 0 spiro atoms. The minimum Gasteiger partial charge on any atom is -0.354 e. The van der Waals surface area contributed by atoms with Crippen molar-refractivity contribution < 1.29 is 9.59 Å². The molecule has 2 aliphatic rings. The Balaban J connectivity index is 1.47. The van der Waals surface area contributed by atoms with Crippen LogP contribution in [-0.4, -0.2) is 61.5 Å². The van der Waals surface area contributed by atoms with Gasteiger partial charge in [-0.05, 0) is 37.2 Å². The standard InChI is InChI=1S/C27H27Cl2N5O2/c1-32-10-12-33(13-11-32)25-15-19(18-6-3-2-4-7-18)23(17-30-25)31-27(36)20-14-24(22(29)16-21(20)28)34-9-5-8-26(34)35/h2-4,6-7,14-17H,5,8-13H2,1H3,(H,31,36). The average Bonchev–Trinajstić information content (AvgIpc) is 3.31. The molecule has 5 rings (SSSR count). The lowest BCUT2D eigenvalue weighted by molar-refractivity contribution is -0.117. The van der Waals surface area contributed by atoms with Crippen LogP contribution in [0.25, 0.3) is 11.1 Å². The molecule has 9 heteroatoms. The molecule has 36 heavy (non-hydrogen) atoms. The Morgan fingerprint density at radius 2 is 1.72 bits per heavy atom. The molecule has 0 aliphatic carbocycles. The minimum atomic E-state index is -0.393. The van der Waals surface area contributed by atoms with Crippen molar-refractivity contribution >= 4 is 52.2 Å². The fraction of sp³-hybridized carbons (Fsp3) is 0.296. The van der Waals surface area contributed by atoms with Crippen LogP contribution < -0.4 is 15.1 Å². The van der Waals surface area contributed by atoms with Gasteiger partial charge in [0, 0.05) is 44.7 Å². The Bertz CT molecular complexity index is 1290. The first-order valence-corrected chi connectivity index (χ1v) is 12.8. The van der Waals surface area contributed by atoms with Crippen LogP contribution in [0.3, 0.4) is 0 Å². The first kappa shape index (κ1) is 24.6. The van der Waals surface area contributed by atoms with Crippen molar-refractivity contribution in [1.82, 2.24) is 9.88 Å². The number of likely N-dealkylation sites (N-methyl/N-ethyl adjacent to an activating group) is 1. The van der Waals surface area contributed by atoms with Crippen LogP contribution in [0.15, 0.2) is 54.7 Å². The van der Waals surface area contributed by atoms with E-state index in [1.165, 1.54) is 6.07 Å². The maximum atomic E-state index is 13.4. The van der Waals surface area contributed by atoms with E-state index in [0.29, 0.717) is 29.4 Å². The lowest BCUT2D eigenvalue weighted by Crippen LogP contribution is -2.44. The molecule has 0 bridgehead atoms. The van der Waals surface area contributed by atoms with E-state index in [0.717, 1.165) is 49.5 Å². The predicted octanol–water partition coefficient (Wildman–Crippen LogP) is 5.19. The van der Waals surface area contributed by atoms with Crippen molar-refractivity contribution in [1.29, 1.82) is 0 Å². The number of amides is 2. The van der Waals surface area contributed by atoms with E-state index in [9.17, 15) is 9.59 Å². The summed E-state index contributed by atoms with van der Waals surface area (Å²) in [5.74, 6) is 0.468. The second-order valence-corrected chi connectivity index (χ2v) is 9.95. The lowest BCUT2D eigenvalue weighted by atomic mass is 10.0. The maximum Gasteiger partial charge on any atom is 0.257 e. The van der Waals surface area contributed by atoms with E-state index in [1.54, 1.807) is 17.2 Å². The Morgan fingerprint density at radius 1 is 0.972 bits per heavy atom. The highest BCUT2D eigenvalue weighted by molar-refractivity contribution is 6.39. The van der Waals surface area contributed by atoms with Crippen LogP contribution >= 0.6 is 23.2 Å². The molecule has 2 amide bonds. The van der Waals surface area contributed by atoms with Crippen LogP contribution in [0.5, 0.6) is 0 Å². The van der Waals surface area contributed by atoms with Crippen LogP contribution in [0.4, 0.5) is 17.2 Å². The second-order valence-electron chi connectivity index (χ2n) is 9.13. The van der Waals surface area contributed by atoms with Gasteiger partial charge in [0.15, 0.2) is 0 Å². The highest BCUT2D eigenvalue weighted by Gasteiger charge is 2.26. The van der Waals surface area contributed by atoms with E-state index in [4.69, 9.17) is 23.2 Å². The van der Waals surface area contributed by atoms with Gasteiger partial charge in [-0.2, -0.15) is 0 Å². The number of hydrogen-bond donors (Lipinski definition) is 1. The molecule has 0 atom stereocenters. The zero-order valence-corrected chi connectivity index (χ0v) is 21.5. The molecule has 3 aromatic rings. The summed E-state index contributed by atoms with van der Waals surface area (Å²) in [6.07, 6.45) is 2.92. The van der Waals surface area contributed by atoms with Gasteiger partial charge in [0.2, 0.25) is 5.91 Å². The second kappa shape index (κ2) is 10.5. The molecule has 7 nitrogen and oxygen atoms in total. The van der Waals surface area contributed by atoms with Crippen LogP contribution in [0, 0.1) is 0 Å². The van der Waals surface area contributed by atoms with Crippen molar-refractivity contribution in [3.8, 4) is 11.1 Å². The predicted molar refractivity (Wildman–Crippen MR) is 145 cm³/mol. The van der Waals surface area contributed by atoms with Gasteiger partial charge in [0.05, 0.1) is 33.2 Å². The Labute approximate surface area is 220 Å². The van der Waals surface area contributed by atoms with Gasteiger partial charge < -0.3 is 20.0 Å². The molecule has 2 aliphatic heterocycles. The SMILES string of the molecule is CN1CCN(c2cc(-c3ccccc3)c(NC(=O)c3cc(N4CCCC4=O)c(Cl)cc3Cl)cn2)CC1. The number of halogens is 2. The quantitative estimate of drug-likeness (QED) is 0.498. The average molecular weight is 524 g/mol. The number of benzene rings is 2. The van der Waals surface area contributed by atoms with E-state index >= 15 is 0 Å². The van der Waals surface area contributed by atoms with E-state index in [1.807, 2.05) is 36.4 Å². The molecular weight excluding hydrogens is 497 g/mol. The zero-order valence-electron chi connectivity index (χ0n) is 20.0. The Kier molecular flexibility index (Phi) is 7.14. The molecule has 2 fully saturated rings. The molecule has 0 unspecified atom stereocenters. The van der Waals surface area contributed by atoms with E-state index in [-0.39, 0.29) is 16.5 Å². The van der Waals surface area contributed by atoms with Gasteiger partial charge in [-0.3, -0.25) is 9.59 Å². The normalized spacial score (nSPS) is 16.5. The van der Waals surface area contributed by atoms with Crippen LogP contribution in [0.1, 0.15) is 23.2 Å². The Morgan fingerprint density at radius 3 is 2.42 bits per heavy atom. The molecule has 2 saturated heterocycles. The van der Waals surface area contributed by atoms with Crippen LogP contribution in [0.2, 0.25) is 10.0 Å². The topological polar surface area (TPSA) is 68.8 Å². The Hall–Kier alpha value is -3.13. The molecule has 0 saturated carbocycles. The number of carbonyl (C=O) groups excluding carboxylic acids is 2.